The summed E-state index contributed by atoms with van der Waals surface area (Å²) >= 11 is 3.28. The Morgan fingerprint density at radius 3 is 2.82 bits per heavy atom. The van der Waals surface area contributed by atoms with E-state index in [0.29, 0.717) is 6.54 Å². The summed E-state index contributed by atoms with van der Waals surface area (Å²) in [7, 11) is 0. The highest BCUT2D eigenvalue weighted by Gasteiger charge is 2.13. The summed E-state index contributed by atoms with van der Waals surface area (Å²) in [5, 5.41) is 12.7. The van der Waals surface area contributed by atoms with Gasteiger partial charge in [-0.1, -0.05) is 0 Å². The molecule has 0 saturated heterocycles. The molecule has 0 fully saturated rings. The molecule has 7 heteroatoms. The second kappa shape index (κ2) is 4.54. The van der Waals surface area contributed by atoms with E-state index in [1.807, 2.05) is 12.1 Å². The van der Waals surface area contributed by atoms with Gasteiger partial charge < -0.3 is 10.8 Å². The molecule has 0 saturated carbocycles. The van der Waals surface area contributed by atoms with Crippen molar-refractivity contribution >= 4 is 27.6 Å². The number of carboxylic acids is 1. The van der Waals surface area contributed by atoms with E-state index in [-0.39, 0.29) is 11.4 Å². The molecular formula is C10H9BrN4O2. The van der Waals surface area contributed by atoms with Gasteiger partial charge in [0.1, 0.15) is 0 Å². The molecule has 6 nitrogen and oxygen atoms in total. The fourth-order valence-electron chi connectivity index (χ4n) is 1.35. The van der Waals surface area contributed by atoms with Crippen LogP contribution in [0.5, 0.6) is 0 Å². The van der Waals surface area contributed by atoms with Gasteiger partial charge in [-0.25, -0.2) is 4.79 Å². The Bertz CT molecular complexity index is 550. The Morgan fingerprint density at radius 1 is 1.53 bits per heavy atom. The lowest BCUT2D eigenvalue weighted by molar-refractivity contribution is 0.0690. The summed E-state index contributed by atoms with van der Waals surface area (Å²) in [4.78, 5) is 14.9. The zero-order valence-electron chi connectivity index (χ0n) is 8.67. The van der Waals surface area contributed by atoms with Gasteiger partial charge in [0.15, 0.2) is 5.69 Å². The molecule has 0 amide bonds. The molecule has 3 N–H and O–H groups in total. The molecule has 17 heavy (non-hydrogen) atoms. The smallest absolute Gasteiger partial charge is 0.358 e. The zero-order chi connectivity index (χ0) is 12.4. The first-order valence-corrected chi connectivity index (χ1v) is 5.52. The fraction of sp³-hybridized carbons (Fsp3) is 0.100. The van der Waals surface area contributed by atoms with Crippen LogP contribution >= 0.6 is 15.9 Å². The van der Waals surface area contributed by atoms with Gasteiger partial charge in [-0.05, 0) is 28.1 Å². The average molecular weight is 297 g/mol. The van der Waals surface area contributed by atoms with Crippen LogP contribution in [-0.2, 0) is 6.54 Å². The van der Waals surface area contributed by atoms with E-state index in [0.717, 1.165) is 10.2 Å². The fourth-order valence-corrected chi connectivity index (χ4v) is 1.58. The van der Waals surface area contributed by atoms with Crippen LogP contribution in [0.1, 0.15) is 16.2 Å². The summed E-state index contributed by atoms with van der Waals surface area (Å²) in [6.45, 7) is 0.380. The molecule has 0 radical (unpaired) electrons. The maximum atomic E-state index is 10.8. The molecule has 0 aliphatic rings. The third-order valence-corrected chi connectivity index (χ3v) is 2.57. The molecule has 0 unspecified atom stereocenters. The summed E-state index contributed by atoms with van der Waals surface area (Å²) in [6, 6.07) is 3.68. The zero-order valence-corrected chi connectivity index (χ0v) is 10.3. The van der Waals surface area contributed by atoms with Gasteiger partial charge in [0.05, 0.1) is 17.9 Å². The van der Waals surface area contributed by atoms with E-state index in [2.05, 4.69) is 26.0 Å². The molecule has 0 spiro atoms. The number of aromatic carboxylic acids is 1. The summed E-state index contributed by atoms with van der Waals surface area (Å²) in [5.41, 5.74) is 6.31. The normalized spacial score (nSPS) is 10.4. The predicted octanol–water partition coefficient (Wildman–Crippen LogP) is 1.37. The molecular weight excluding hydrogens is 288 g/mol. The minimum atomic E-state index is -1.13. The van der Waals surface area contributed by atoms with Crippen LogP contribution in [0.3, 0.4) is 0 Å². The second-order valence-electron chi connectivity index (χ2n) is 3.40. The van der Waals surface area contributed by atoms with Gasteiger partial charge in [0, 0.05) is 16.9 Å². The first-order chi connectivity index (χ1) is 8.06. The molecule has 0 atom stereocenters. The lowest BCUT2D eigenvalue weighted by Gasteiger charge is -2.00. The van der Waals surface area contributed by atoms with Crippen molar-refractivity contribution < 1.29 is 9.90 Å². The van der Waals surface area contributed by atoms with Gasteiger partial charge in [0.2, 0.25) is 0 Å². The molecule has 2 aromatic rings. The van der Waals surface area contributed by atoms with Crippen LogP contribution in [0.2, 0.25) is 0 Å². The second-order valence-corrected chi connectivity index (χ2v) is 4.32. The van der Waals surface area contributed by atoms with E-state index in [1.165, 1.54) is 10.9 Å². The number of nitrogens with zero attached hydrogens (tertiary/aromatic N) is 3. The van der Waals surface area contributed by atoms with Gasteiger partial charge in [-0.15, -0.1) is 0 Å². The Kier molecular flexibility index (Phi) is 3.10. The Hall–Kier alpha value is -1.89. The van der Waals surface area contributed by atoms with Crippen LogP contribution in [0.25, 0.3) is 0 Å². The number of rotatable bonds is 3. The summed E-state index contributed by atoms with van der Waals surface area (Å²) < 4.78 is 2.34. The van der Waals surface area contributed by atoms with Gasteiger partial charge >= 0.3 is 5.97 Å². The standard InChI is InChI=1S/C10H9BrN4O2/c11-6-1-2-7(13-3-6)4-15-5-8(12)9(14-15)10(16)17/h1-3,5H,4,12H2,(H,16,17). The third kappa shape index (κ3) is 2.62. The maximum Gasteiger partial charge on any atom is 0.358 e. The molecule has 2 rings (SSSR count). The van der Waals surface area contributed by atoms with Crippen molar-refractivity contribution in [1.29, 1.82) is 0 Å². The highest BCUT2D eigenvalue weighted by Crippen LogP contribution is 2.11. The highest BCUT2D eigenvalue weighted by atomic mass is 79.9. The number of hydrogen-bond donors (Lipinski definition) is 2. The number of halogens is 1. The van der Waals surface area contributed by atoms with Crippen LogP contribution in [0.4, 0.5) is 5.69 Å². The van der Waals surface area contributed by atoms with Crippen molar-refractivity contribution in [3.63, 3.8) is 0 Å². The van der Waals surface area contributed by atoms with Crippen LogP contribution in [0, 0.1) is 0 Å². The van der Waals surface area contributed by atoms with E-state index in [4.69, 9.17) is 10.8 Å². The molecule has 2 heterocycles. The lowest BCUT2D eigenvalue weighted by atomic mass is 10.3. The molecule has 88 valence electrons. The summed E-state index contributed by atoms with van der Waals surface area (Å²) in [5.74, 6) is -1.13. The van der Waals surface area contributed by atoms with Gasteiger partial charge in [-0.3, -0.25) is 9.67 Å². The molecule has 0 bridgehead atoms. The average Bonchev–Trinajstić information content (AvgIpc) is 2.63. The van der Waals surface area contributed by atoms with E-state index < -0.39 is 5.97 Å². The predicted molar refractivity (Wildman–Crippen MR) is 64.6 cm³/mol. The first kappa shape index (κ1) is 11.6. The Balaban J connectivity index is 2.22. The number of nitrogen functional groups attached to an aromatic ring is 1. The quantitative estimate of drug-likeness (QED) is 0.892. The number of pyridine rings is 1. The van der Waals surface area contributed by atoms with Crippen molar-refractivity contribution in [1.82, 2.24) is 14.8 Å². The largest absolute Gasteiger partial charge is 0.476 e. The molecule has 2 aromatic heterocycles. The monoisotopic (exact) mass is 296 g/mol. The number of nitrogens with two attached hydrogens (primary N) is 1. The van der Waals surface area contributed by atoms with Crippen LogP contribution < -0.4 is 5.73 Å². The minimum absolute atomic E-state index is 0.137. The number of carbonyl (C=O) groups is 1. The van der Waals surface area contributed by atoms with Crippen molar-refractivity contribution in [2.24, 2.45) is 0 Å². The molecule has 0 aliphatic carbocycles. The Morgan fingerprint density at radius 2 is 2.29 bits per heavy atom. The number of carboxylic acid groups (broad SMARTS) is 1. The van der Waals surface area contributed by atoms with Crippen molar-refractivity contribution in [3.05, 3.63) is 40.4 Å². The van der Waals surface area contributed by atoms with Crippen molar-refractivity contribution in [2.75, 3.05) is 5.73 Å². The molecule has 0 aromatic carbocycles. The third-order valence-electron chi connectivity index (χ3n) is 2.11. The SMILES string of the molecule is Nc1cn(Cc2ccc(Br)cn2)nc1C(=O)O. The van der Waals surface area contributed by atoms with Crippen LogP contribution in [0.15, 0.2) is 29.0 Å². The van der Waals surface area contributed by atoms with Gasteiger partial charge in [-0.2, -0.15) is 5.10 Å². The number of aromatic nitrogens is 3. The number of hydrogen-bond acceptors (Lipinski definition) is 4. The summed E-state index contributed by atoms with van der Waals surface area (Å²) in [6.07, 6.45) is 3.15. The van der Waals surface area contributed by atoms with Crippen molar-refractivity contribution in [3.8, 4) is 0 Å². The maximum absolute atomic E-state index is 10.8. The molecule has 0 aliphatic heterocycles. The lowest BCUT2D eigenvalue weighted by Crippen LogP contribution is -2.05. The Labute approximate surface area is 105 Å². The van der Waals surface area contributed by atoms with Crippen molar-refractivity contribution in [2.45, 2.75) is 6.54 Å². The van der Waals surface area contributed by atoms with E-state index >= 15 is 0 Å². The van der Waals surface area contributed by atoms with E-state index in [1.54, 1.807) is 6.20 Å². The topological polar surface area (TPSA) is 94.0 Å². The number of anilines is 1. The van der Waals surface area contributed by atoms with E-state index in [9.17, 15) is 4.79 Å². The minimum Gasteiger partial charge on any atom is -0.476 e. The highest BCUT2D eigenvalue weighted by molar-refractivity contribution is 9.10. The van der Waals surface area contributed by atoms with Gasteiger partial charge in [0.25, 0.3) is 0 Å². The van der Waals surface area contributed by atoms with Crippen LogP contribution in [-0.4, -0.2) is 25.8 Å². The first-order valence-electron chi connectivity index (χ1n) is 4.73.